The molecule has 6 N–H and O–H groups in total. The summed E-state index contributed by atoms with van der Waals surface area (Å²) in [7, 11) is 2.70. The number of carboxylic acid groups (broad SMARTS) is 1. The first-order valence-corrected chi connectivity index (χ1v) is 17.6. The predicted octanol–water partition coefficient (Wildman–Crippen LogP) is 6.07. The van der Waals surface area contributed by atoms with E-state index in [1.165, 1.54) is 14.1 Å². The molecule has 4 heterocycles. The van der Waals surface area contributed by atoms with E-state index in [2.05, 4.69) is 45.4 Å². The lowest BCUT2D eigenvalue weighted by molar-refractivity contribution is -0.0559. The number of fused-ring (bicyclic) bond motifs is 2. The summed E-state index contributed by atoms with van der Waals surface area (Å²) in [5.74, 6) is -2.37. The molecule has 17 nitrogen and oxygen atoms in total. The van der Waals surface area contributed by atoms with Gasteiger partial charge in [0.1, 0.15) is 0 Å². The molecule has 0 unspecified atom stereocenters. The Balaban J connectivity index is 0.000000170. The maximum absolute atomic E-state index is 12.4. The Morgan fingerprint density at radius 2 is 1.07 bits per heavy atom. The fourth-order valence-electron chi connectivity index (χ4n) is 5.74. The number of H-pyrrole nitrogens is 2. The molecule has 0 atom stereocenters. The van der Waals surface area contributed by atoms with Gasteiger partial charge in [-0.2, -0.15) is 38.0 Å². The van der Waals surface area contributed by atoms with Crippen molar-refractivity contribution in [3.8, 4) is 34.3 Å². The van der Waals surface area contributed by atoms with E-state index in [0.717, 1.165) is 43.7 Å². The van der Waals surface area contributed by atoms with Gasteiger partial charge in [-0.25, -0.2) is 24.4 Å². The van der Waals surface area contributed by atoms with Gasteiger partial charge in [-0.3, -0.25) is 14.4 Å². The second-order valence-corrected chi connectivity index (χ2v) is 12.6. The predicted molar refractivity (Wildman–Crippen MR) is 215 cm³/mol. The molecule has 8 rings (SSSR count). The van der Waals surface area contributed by atoms with Crippen LogP contribution in [0.4, 0.5) is 28.9 Å². The number of aromatic amines is 2. The SMILES string of the molecule is Cn1nc(C(=O)Nc2ccc(-c3n[nH]c(=O)c4ccccc34)cc2)cc1OC(F)F.Cn1nc(C(=O)O)cc1OC(F)F.Nc1ccc(-c2n[nH]c(=O)c3ccccc23)cc1. The summed E-state index contributed by atoms with van der Waals surface area (Å²) >= 11 is 0. The lowest BCUT2D eigenvalue weighted by Crippen LogP contribution is -2.13. The lowest BCUT2D eigenvalue weighted by atomic mass is 10.0. The van der Waals surface area contributed by atoms with Crippen molar-refractivity contribution in [2.45, 2.75) is 13.2 Å². The van der Waals surface area contributed by atoms with Crippen molar-refractivity contribution in [3.63, 3.8) is 0 Å². The molecule has 1 amide bonds. The van der Waals surface area contributed by atoms with Crippen LogP contribution in [0.5, 0.6) is 11.8 Å². The molecule has 0 aliphatic carbocycles. The van der Waals surface area contributed by atoms with Crippen molar-refractivity contribution in [3.05, 3.63) is 141 Å². The van der Waals surface area contributed by atoms with E-state index in [9.17, 15) is 36.7 Å². The molecule has 61 heavy (non-hydrogen) atoms. The first-order valence-electron chi connectivity index (χ1n) is 17.6. The van der Waals surface area contributed by atoms with Gasteiger partial charge in [0.2, 0.25) is 11.8 Å². The second-order valence-electron chi connectivity index (χ2n) is 12.6. The summed E-state index contributed by atoms with van der Waals surface area (Å²) in [5.41, 5.74) is 9.01. The van der Waals surface area contributed by atoms with Crippen molar-refractivity contribution in [2.75, 3.05) is 11.1 Å². The van der Waals surface area contributed by atoms with E-state index in [0.29, 0.717) is 33.2 Å². The molecule has 0 aliphatic heterocycles. The van der Waals surface area contributed by atoms with Crippen molar-refractivity contribution in [1.82, 2.24) is 40.0 Å². The molecule has 0 bridgehead atoms. The van der Waals surface area contributed by atoms with Gasteiger partial charge in [0.15, 0.2) is 11.4 Å². The maximum atomic E-state index is 12.4. The van der Waals surface area contributed by atoms with Gasteiger partial charge in [0.05, 0.1) is 22.2 Å². The molecule has 4 aromatic carbocycles. The number of hydrogen-bond donors (Lipinski definition) is 5. The number of carboxylic acids is 1. The fourth-order valence-corrected chi connectivity index (χ4v) is 5.74. The zero-order valence-electron chi connectivity index (χ0n) is 31.7. The zero-order chi connectivity index (χ0) is 43.8. The van der Waals surface area contributed by atoms with Gasteiger partial charge >= 0.3 is 19.2 Å². The van der Waals surface area contributed by atoms with Crippen LogP contribution < -0.4 is 31.6 Å². The van der Waals surface area contributed by atoms with Crippen LogP contribution in [-0.2, 0) is 14.1 Å². The topological polar surface area (TPSA) is 238 Å². The number of carbonyl (C=O) groups is 2. The van der Waals surface area contributed by atoms with E-state index in [-0.39, 0.29) is 34.3 Å². The highest BCUT2D eigenvalue weighted by Crippen LogP contribution is 2.27. The Hall–Kier alpha value is -8.36. The monoisotopic (exact) mass is 840 g/mol. The zero-order valence-corrected chi connectivity index (χ0v) is 31.7. The summed E-state index contributed by atoms with van der Waals surface area (Å²) < 4.78 is 58.4. The highest BCUT2D eigenvalue weighted by Gasteiger charge is 2.18. The number of aryl methyl sites for hydroxylation is 2. The highest BCUT2D eigenvalue weighted by molar-refractivity contribution is 6.03. The Labute approximate surface area is 340 Å². The van der Waals surface area contributed by atoms with E-state index in [4.69, 9.17) is 10.8 Å². The lowest BCUT2D eigenvalue weighted by Gasteiger charge is -2.07. The minimum absolute atomic E-state index is 0.0643. The third kappa shape index (κ3) is 10.2. The number of halogens is 4. The normalized spacial score (nSPS) is 10.8. The first-order chi connectivity index (χ1) is 29.2. The largest absolute Gasteiger partial charge is 0.476 e. The van der Waals surface area contributed by atoms with Gasteiger partial charge in [0.25, 0.3) is 17.0 Å². The molecule has 0 saturated carbocycles. The minimum atomic E-state index is -3.01. The molecule has 8 aromatic rings. The Kier molecular flexibility index (Phi) is 12.8. The van der Waals surface area contributed by atoms with Crippen LogP contribution in [0.25, 0.3) is 44.1 Å². The van der Waals surface area contributed by atoms with Crippen molar-refractivity contribution >= 4 is 44.8 Å². The first kappa shape index (κ1) is 42.3. The van der Waals surface area contributed by atoms with Crippen LogP contribution in [0.3, 0.4) is 0 Å². The van der Waals surface area contributed by atoms with Gasteiger partial charge < -0.3 is 25.6 Å². The van der Waals surface area contributed by atoms with Crippen LogP contribution in [-0.4, -0.2) is 70.2 Å². The molecule has 0 spiro atoms. The van der Waals surface area contributed by atoms with E-state index in [1.54, 1.807) is 42.5 Å². The summed E-state index contributed by atoms with van der Waals surface area (Å²) in [6.45, 7) is -6.00. The number of nitrogens with one attached hydrogen (secondary N) is 3. The minimum Gasteiger partial charge on any atom is -0.476 e. The maximum Gasteiger partial charge on any atom is 0.388 e. The van der Waals surface area contributed by atoms with Gasteiger partial charge in [-0.1, -0.05) is 60.7 Å². The van der Waals surface area contributed by atoms with Crippen molar-refractivity contribution in [2.24, 2.45) is 14.1 Å². The summed E-state index contributed by atoms with van der Waals surface area (Å²) in [6, 6.07) is 30.8. The second kappa shape index (κ2) is 18.5. The number of ether oxygens (including phenoxy) is 2. The van der Waals surface area contributed by atoms with E-state index < -0.39 is 25.1 Å². The Bertz CT molecular complexity index is 2950. The number of aromatic nitrogens is 8. The van der Waals surface area contributed by atoms with Crippen LogP contribution in [0.1, 0.15) is 21.0 Å². The Morgan fingerprint density at radius 3 is 1.49 bits per heavy atom. The number of anilines is 2. The summed E-state index contributed by atoms with van der Waals surface area (Å²) in [6.07, 6.45) is 0. The number of rotatable bonds is 9. The van der Waals surface area contributed by atoms with Crippen molar-refractivity contribution < 1.29 is 41.7 Å². The van der Waals surface area contributed by atoms with Gasteiger partial charge in [-0.05, 0) is 36.4 Å². The molecule has 0 saturated heterocycles. The van der Waals surface area contributed by atoms with Crippen LogP contribution >= 0.6 is 0 Å². The quantitative estimate of drug-likeness (QED) is 0.0823. The number of nitrogens with two attached hydrogens (primary N) is 1. The number of alkyl halides is 4. The van der Waals surface area contributed by atoms with E-state index in [1.807, 2.05) is 54.6 Å². The number of amides is 1. The van der Waals surface area contributed by atoms with Crippen LogP contribution in [0.15, 0.2) is 119 Å². The molecular formula is C40H32F4N10O7. The van der Waals surface area contributed by atoms with Gasteiger partial charge in [-0.15, -0.1) is 0 Å². The average molecular weight is 841 g/mol. The standard InChI is InChI=1S/C20H15F2N5O3.C14H11N3O.C6H6F2N2O3/c1-27-16(30-20(21)22)10-15(26-27)19(29)23-12-8-6-11(7-9-12)17-13-4-2-3-5-14(13)18(28)25-24-17;15-10-7-5-9(6-8-10)13-11-3-1-2-4-12(11)14(18)17-16-13;1-10-4(13-6(7)8)2-3(9-10)5(11)12/h2-10,20H,1H3,(H,23,29)(H,25,28);1-8H,15H2,(H,17,18);2,6H,1H3,(H,11,12). The summed E-state index contributed by atoms with van der Waals surface area (Å²) in [4.78, 5) is 46.3. The van der Waals surface area contributed by atoms with Gasteiger partial charge in [0, 0.05) is 59.5 Å². The molecule has 21 heteroatoms. The van der Waals surface area contributed by atoms with E-state index >= 15 is 0 Å². The molecular weight excluding hydrogens is 808 g/mol. The number of carbonyl (C=O) groups excluding carboxylic acids is 1. The number of nitrogens with zero attached hydrogens (tertiary/aromatic N) is 6. The third-order valence-electron chi connectivity index (χ3n) is 8.54. The third-order valence-corrected chi connectivity index (χ3v) is 8.54. The molecule has 0 aliphatic rings. The molecule has 0 radical (unpaired) electrons. The number of benzene rings is 4. The van der Waals surface area contributed by atoms with Crippen molar-refractivity contribution in [1.29, 1.82) is 0 Å². The number of hydrogen-bond acceptors (Lipinski definition) is 11. The number of nitrogen functional groups attached to an aromatic ring is 1. The summed E-state index contributed by atoms with van der Waals surface area (Å²) in [5, 5.41) is 34.3. The molecule has 0 fully saturated rings. The fraction of sp³-hybridized carbons (Fsp3) is 0.100. The smallest absolute Gasteiger partial charge is 0.388 e. The van der Waals surface area contributed by atoms with Crippen LogP contribution in [0, 0.1) is 0 Å². The molecule has 4 aromatic heterocycles. The number of aromatic carboxylic acids is 1. The average Bonchev–Trinajstić information content (AvgIpc) is 3.80. The van der Waals surface area contributed by atoms with Crippen LogP contribution in [0.2, 0.25) is 0 Å². The Morgan fingerprint density at radius 1 is 0.656 bits per heavy atom. The molecule has 312 valence electrons. The highest BCUT2D eigenvalue weighted by atomic mass is 19.3.